The normalized spacial score (nSPS) is 25.2. The molecule has 9 nitrogen and oxygen atoms in total. The quantitative estimate of drug-likeness (QED) is 0.407. The van der Waals surface area contributed by atoms with Crippen LogP contribution in [-0.4, -0.2) is 50.0 Å². The van der Waals surface area contributed by atoms with Crippen LogP contribution in [0.15, 0.2) is 64.6 Å². The van der Waals surface area contributed by atoms with E-state index in [-0.39, 0.29) is 30.2 Å². The van der Waals surface area contributed by atoms with Gasteiger partial charge in [-0.2, -0.15) is 13.5 Å². The summed E-state index contributed by atoms with van der Waals surface area (Å²) in [4.78, 5) is 28.5. The minimum atomic E-state index is -4.06. The van der Waals surface area contributed by atoms with Crippen molar-refractivity contribution in [2.45, 2.75) is 50.5 Å². The van der Waals surface area contributed by atoms with E-state index in [1.165, 1.54) is 19.1 Å². The van der Waals surface area contributed by atoms with E-state index in [2.05, 4.69) is 9.93 Å². The van der Waals surface area contributed by atoms with Gasteiger partial charge in [0.2, 0.25) is 0 Å². The standard InChI is InChI=1S/C26H32N2O7S/c1-5-34-24(29)22-20(27-28-36(32,33)19-14-12-17(3)13-15-19)16-26(4,31)23(25(30)35-6-2)21(22)18-10-8-7-9-11-18/h7-15,21-23,28,31H,5-6,16H2,1-4H3/b27-20-/t21-,22-,23+,26+/m1/s1. The monoisotopic (exact) mass is 516 g/mol. The van der Waals surface area contributed by atoms with Gasteiger partial charge in [-0.15, -0.1) is 0 Å². The Bertz CT molecular complexity index is 1210. The number of carbonyl (C=O) groups is 2. The van der Waals surface area contributed by atoms with Crippen LogP contribution in [0.5, 0.6) is 0 Å². The first-order valence-corrected chi connectivity index (χ1v) is 13.3. The van der Waals surface area contributed by atoms with Crippen molar-refractivity contribution in [2.75, 3.05) is 13.2 Å². The van der Waals surface area contributed by atoms with Crippen LogP contribution in [0.1, 0.15) is 44.2 Å². The number of carbonyl (C=O) groups excluding carboxylic acids is 2. The summed E-state index contributed by atoms with van der Waals surface area (Å²) in [7, 11) is -4.06. The van der Waals surface area contributed by atoms with Gasteiger partial charge in [0.1, 0.15) is 5.92 Å². The summed E-state index contributed by atoms with van der Waals surface area (Å²) in [6, 6.07) is 15.0. The largest absolute Gasteiger partial charge is 0.466 e. The predicted molar refractivity (Wildman–Crippen MR) is 134 cm³/mol. The smallest absolute Gasteiger partial charge is 0.315 e. The Morgan fingerprint density at radius 1 is 1.03 bits per heavy atom. The minimum Gasteiger partial charge on any atom is -0.466 e. The van der Waals surface area contributed by atoms with Crippen LogP contribution in [0.25, 0.3) is 0 Å². The Balaban J connectivity index is 2.13. The van der Waals surface area contributed by atoms with Crippen LogP contribution in [0.4, 0.5) is 0 Å². The molecule has 0 amide bonds. The molecule has 194 valence electrons. The average molecular weight is 517 g/mol. The Kier molecular flexibility index (Phi) is 8.52. The van der Waals surface area contributed by atoms with Crippen LogP contribution in [0, 0.1) is 18.8 Å². The number of benzene rings is 2. The lowest BCUT2D eigenvalue weighted by atomic mass is 9.61. The molecule has 2 aromatic carbocycles. The Morgan fingerprint density at radius 2 is 1.61 bits per heavy atom. The lowest BCUT2D eigenvalue weighted by molar-refractivity contribution is -0.163. The molecule has 0 radical (unpaired) electrons. The molecule has 0 bridgehead atoms. The van der Waals surface area contributed by atoms with Crippen LogP contribution >= 0.6 is 0 Å². The van der Waals surface area contributed by atoms with Gasteiger partial charge < -0.3 is 14.6 Å². The van der Waals surface area contributed by atoms with Gasteiger partial charge in [-0.1, -0.05) is 48.0 Å². The summed E-state index contributed by atoms with van der Waals surface area (Å²) in [5.41, 5.74) is -0.156. The van der Waals surface area contributed by atoms with Crippen molar-refractivity contribution in [1.29, 1.82) is 0 Å². The summed E-state index contributed by atoms with van der Waals surface area (Å²) in [6.07, 6.45) is -0.250. The summed E-state index contributed by atoms with van der Waals surface area (Å²) >= 11 is 0. The number of esters is 2. The summed E-state index contributed by atoms with van der Waals surface area (Å²) < 4.78 is 36.4. The van der Waals surface area contributed by atoms with Crippen molar-refractivity contribution < 1.29 is 32.6 Å². The van der Waals surface area contributed by atoms with Crippen molar-refractivity contribution in [1.82, 2.24) is 4.83 Å². The molecule has 1 aliphatic rings. The van der Waals surface area contributed by atoms with Gasteiger partial charge in [-0.05, 0) is 45.4 Å². The SMILES string of the molecule is CCOC(=O)[C@@H]1/C(=N\NS(=O)(=O)c2ccc(C)cc2)C[C@](C)(O)[C@H](C(=O)OCC)[C@@H]1c1ccccc1. The lowest BCUT2D eigenvalue weighted by Crippen LogP contribution is -2.55. The van der Waals surface area contributed by atoms with E-state index in [0.29, 0.717) is 5.56 Å². The molecule has 2 aromatic rings. The number of hydrogen-bond donors (Lipinski definition) is 2. The number of nitrogens with zero attached hydrogens (tertiary/aromatic N) is 1. The first-order valence-electron chi connectivity index (χ1n) is 11.8. The van der Waals surface area contributed by atoms with Crippen LogP contribution in [0.3, 0.4) is 0 Å². The molecule has 36 heavy (non-hydrogen) atoms. The first-order chi connectivity index (χ1) is 17.0. The molecule has 3 rings (SSSR count). The highest BCUT2D eigenvalue weighted by molar-refractivity contribution is 7.89. The van der Waals surface area contributed by atoms with Gasteiger partial charge in [-0.3, -0.25) is 9.59 Å². The van der Waals surface area contributed by atoms with Gasteiger partial charge in [0.15, 0.2) is 0 Å². The fourth-order valence-electron chi connectivity index (χ4n) is 4.58. The Labute approximate surface area is 211 Å². The zero-order chi connectivity index (χ0) is 26.5. The minimum absolute atomic E-state index is 0.00304. The third-order valence-corrected chi connectivity index (χ3v) is 7.42. The highest BCUT2D eigenvalue weighted by atomic mass is 32.2. The highest BCUT2D eigenvalue weighted by Crippen LogP contribution is 2.47. The molecular formula is C26H32N2O7S. The van der Waals surface area contributed by atoms with Crippen LogP contribution in [0.2, 0.25) is 0 Å². The second-order valence-corrected chi connectivity index (χ2v) is 10.6. The predicted octanol–water partition coefficient (Wildman–Crippen LogP) is 2.93. The number of ether oxygens (including phenoxy) is 2. The number of hydrogen-bond acceptors (Lipinski definition) is 8. The molecule has 1 aliphatic carbocycles. The first kappa shape index (κ1) is 27.3. The van der Waals surface area contributed by atoms with E-state index >= 15 is 0 Å². The van der Waals surface area contributed by atoms with Crippen molar-refractivity contribution in [3.63, 3.8) is 0 Å². The lowest BCUT2D eigenvalue weighted by Gasteiger charge is -2.45. The topological polar surface area (TPSA) is 131 Å². The summed E-state index contributed by atoms with van der Waals surface area (Å²) in [5, 5.41) is 15.5. The molecule has 1 fully saturated rings. The van der Waals surface area contributed by atoms with E-state index in [1.54, 1.807) is 56.3 Å². The second-order valence-electron chi connectivity index (χ2n) is 8.94. The Hall–Kier alpha value is -3.24. The van der Waals surface area contributed by atoms with E-state index in [1.807, 2.05) is 6.92 Å². The summed E-state index contributed by atoms with van der Waals surface area (Å²) in [6.45, 7) is 6.75. The molecule has 2 N–H and O–H groups in total. The van der Waals surface area contributed by atoms with Crippen LogP contribution < -0.4 is 4.83 Å². The van der Waals surface area contributed by atoms with Crippen molar-refractivity contribution in [3.8, 4) is 0 Å². The molecule has 0 saturated heterocycles. The average Bonchev–Trinajstić information content (AvgIpc) is 2.82. The molecular weight excluding hydrogens is 484 g/mol. The maximum atomic E-state index is 13.2. The zero-order valence-corrected chi connectivity index (χ0v) is 21.6. The van der Waals surface area contributed by atoms with Crippen molar-refractivity contribution >= 4 is 27.7 Å². The zero-order valence-electron chi connectivity index (χ0n) is 20.8. The number of aliphatic hydroxyl groups is 1. The molecule has 0 heterocycles. The van der Waals surface area contributed by atoms with Gasteiger partial charge in [0.05, 0.1) is 35.3 Å². The number of nitrogens with one attached hydrogen (secondary N) is 1. The fourth-order valence-corrected chi connectivity index (χ4v) is 5.42. The number of rotatable bonds is 8. The molecule has 0 spiro atoms. The summed E-state index contributed by atoms with van der Waals surface area (Å²) in [5.74, 6) is -4.50. The van der Waals surface area contributed by atoms with Crippen molar-refractivity contribution in [2.24, 2.45) is 16.9 Å². The fraction of sp³-hybridized carbons (Fsp3) is 0.423. The second kappa shape index (κ2) is 11.2. The molecule has 1 saturated carbocycles. The maximum Gasteiger partial charge on any atom is 0.315 e. The van der Waals surface area contributed by atoms with Gasteiger partial charge in [0.25, 0.3) is 10.0 Å². The number of sulfonamides is 1. The van der Waals surface area contributed by atoms with E-state index in [0.717, 1.165) is 5.56 Å². The van der Waals surface area contributed by atoms with E-state index < -0.39 is 45.3 Å². The Morgan fingerprint density at radius 3 is 2.19 bits per heavy atom. The van der Waals surface area contributed by atoms with Gasteiger partial charge in [0, 0.05) is 12.3 Å². The third-order valence-electron chi connectivity index (χ3n) is 6.19. The highest BCUT2D eigenvalue weighted by Gasteiger charge is 2.56. The number of aryl methyl sites for hydroxylation is 1. The molecule has 0 aliphatic heterocycles. The molecule has 10 heteroatoms. The van der Waals surface area contributed by atoms with E-state index in [4.69, 9.17) is 9.47 Å². The van der Waals surface area contributed by atoms with E-state index in [9.17, 15) is 23.1 Å². The molecule has 0 unspecified atom stereocenters. The number of hydrazone groups is 1. The third kappa shape index (κ3) is 5.93. The van der Waals surface area contributed by atoms with Crippen molar-refractivity contribution in [3.05, 3.63) is 65.7 Å². The van der Waals surface area contributed by atoms with Crippen LogP contribution in [-0.2, 0) is 29.1 Å². The molecule has 4 atom stereocenters. The molecule has 0 aromatic heterocycles. The van der Waals surface area contributed by atoms with Gasteiger partial charge in [-0.25, -0.2) is 4.83 Å². The maximum absolute atomic E-state index is 13.2. The van der Waals surface area contributed by atoms with Gasteiger partial charge >= 0.3 is 11.9 Å².